The summed E-state index contributed by atoms with van der Waals surface area (Å²) in [7, 11) is 0. The van der Waals surface area contributed by atoms with Crippen LogP contribution >= 0.6 is 54.5 Å². The van der Waals surface area contributed by atoms with Gasteiger partial charge in [-0.2, -0.15) is 0 Å². The smallest absolute Gasteiger partial charge is 0.123 e. The summed E-state index contributed by atoms with van der Waals surface area (Å²) in [5, 5.41) is 14.0. The third kappa shape index (κ3) is 20.4. The van der Waals surface area contributed by atoms with Crippen LogP contribution in [0, 0.1) is 32.7 Å². The van der Waals surface area contributed by atoms with Crippen molar-refractivity contribution in [2.24, 2.45) is 0 Å². The Bertz CT molecular complexity index is 6670. The lowest BCUT2D eigenvalue weighted by Crippen LogP contribution is -2.10. The summed E-state index contributed by atoms with van der Waals surface area (Å²) in [4.78, 5) is 4.36. The molecule has 16 heteroatoms. The lowest BCUT2D eigenvalue weighted by molar-refractivity contribution is 0.627. The molecular weight excluding hydrogens is 1810 g/mol. The highest BCUT2D eigenvalue weighted by Gasteiger charge is 2.21. The average molecular weight is 1910 g/mol. The van der Waals surface area contributed by atoms with Crippen molar-refractivity contribution in [3.8, 4) is 33.4 Å². The van der Waals surface area contributed by atoms with E-state index in [-0.39, 0.29) is 43.9 Å². The molecule has 0 radical (unpaired) electrons. The first-order valence-electron chi connectivity index (χ1n) is 40.8. The molecule has 0 fully saturated rings. The molecule has 0 saturated carbocycles. The second kappa shape index (κ2) is 40.9. The van der Waals surface area contributed by atoms with Crippen LogP contribution < -0.4 is 26.2 Å². The molecule has 3 heterocycles. The first-order chi connectivity index (χ1) is 60.5. The molecule has 0 aliphatic rings. The molecule has 4 N–H and O–H groups in total. The zero-order chi connectivity index (χ0) is 85.7. The Hall–Kier alpha value is -13.5. The van der Waals surface area contributed by atoms with Gasteiger partial charge in [-0.05, 0) is 344 Å². The molecule has 20 rings (SSSR count). The predicted molar refractivity (Wildman–Crippen MR) is 539 cm³/mol. The van der Waals surface area contributed by atoms with E-state index in [2.05, 4.69) is 334 Å². The van der Waals surface area contributed by atoms with Crippen LogP contribution in [0.1, 0.15) is 35.6 Å². The summed E-state index contributed by atoms with van der Waals surface area (Å²) in [5.41, 5.74) is 29.3. The molecule has 0 amide bonds. The first kappa shape index (κ1) is 88.8. The van der Waals surface area contributed by atoms with Gasteiger partial charge < -0.3 is 39.9 Å². The number of anilines is 11. The van der Waals surface area contributed by atoms with Gasteiger partial charge in [-0.15, -0.1) is 0 Å². The number of nitrogens with one attached hydrogen (secondary N) is 2. The molecule has 8 nitrogen and oxygen atoms in total. The number of nitrogens with two attached hydrogens (primary N) is 1. The second-order valence-corrected chi connectivity index (χ2v) is 32.6. The number of halogens is 8. The van der Waals surface area contributed by atoms with Gasteiger partial charge in [-0.25, -0.2) is 22.0 Å². The van der Waals surface area contributed by atoms with Crippen LogP contribution in [-0.2, 0) is 19.6 Å². The molecule has 0 aliphatic carbocycles. The molecule has 3 aromatic heterocycles. The molecule has 0 unspecified atom stereocenters. The minimum Gasteiger partial charge on any atom is -0.399 e. The van der Waals surface area contributed by atoms with Gasteiger partial charge in [0.05, 0.1) is 0 Å². The number of aryl methyl sites for hydroxylation is 3. The van der Waals surface area contributed by atoms with E-state index in [1.165, 1.54) is 153 Å². The third-order valence-electron chi connectivity index (χ3n) is 21.7. The van der Waals surface area contributed by atoms with Crippen molar-refractivity contribution >= 4 is 182 Å². The molecule has 628 valence electrons. The second-order valence-electron chi connectivity index (χ2n) is 29.5. The molecule has 126 heavy (non-hydrogen) atoms. The fourth-order valence-corrected chi connectivity index (χ4v) is 16.7. The Labute approximate surface area is 762 Å². The molecule has 17 aromatic carbocycles. The number of para-hydroxylation sites is 3. The number of hydrogen-bond acceptors (Lipinski definition) is 5. The van der Waals surface area contributed by atoms with Gasteiger partial charge in [0.15, 0.2) is 0 Å². The zero-order valence-electron chi connectivity index (χ0n) is 68.0. The standard InChI is InChI=1S/C52H40F2N4.C24H18F2N2.C14H12IN.C12H8Br2.C6H6FN.2CH4/c1-3-55-49-11-7-5-9-45(49)47-33-43(29-31-51(47)55)57(41-25-17-37(53)18-26-41)39-21-13-35(14-22-39)36-15-23-40(24-16-36)58(42-27-19-38(54)20-28-42)44-30-32-52-48(34-44)46-10-6-8-12-50(46)56(52)4-2;25-19-5-13-23(14-6-19)27-21-9-1-17(2-10-21)18-3-11-22(12-4-18)28-24-15-7-20(26)8-16-24;1-2-16-13-6-4-3-5-11(13)12-9-10(15)7-8-14(12)16;13-11-5-1-9(2-6-11)10-3-7-12(14)8-4-10;7-5-1-3-6(8)4-2-5;;/h5-34H,3-4H2,1-2H3;1-16,27-28H;3-9H,2H2,1H3;1-8H;1-4H,8H2;2*1H4. The van der Waals surface area contributed by atoms with Gasteiger partial charge in [-0.3, -0.25) is 0 Å². The van der Waals surface area contributed by atoms with Crippen molar-refractivity contribution < 1.29 is 22.0 Å². The van der Waals surface area contributed by atoms with Gasteiger partial charge in [0.1, 0.15) is 29.1 Å². The topological polar surface area (TPSA) is 71.3 Å². The van der Waals surface area contributed by atoms with E-state index in [0.717, 1.165) is 108 Å². The highest BCUT2D eigenvalue weighted by atomic mass is 127. The number of rotatable bonds is 16. The van der Waals surface area contributed by atoms with E-state index in [4.69, 9.17) is 5.73 Å². The Morgan fingerprint density at radius 3 is 0.778 bits per heavy atom. The van der Waals surface area contributed by atoms with Crippen LogP contribution in [0.4, 0.5) is 84.5 Å². The molecule has 20 aromatic rings. The van der Waals surface area contributed by atoms with Crippen LogP contribution in [-0.4, -0.2) is 13.7 Å². The quantitative estimate of drug-likeness (QED) is 0.0511. The van der Waals surface area contributed by atoms with Crippen LogP contribution in [0.25, 0.3) is 98.8 Å². The zero-order valence-corrected chi connectivity index (χ0v) is 73.3. The molecule has 0 aliphatic heterocycles. The van der Waals surface area contributed by atoms with E-state index in [1.807, 2.05) is 72.8 Å². The summed E-state index contributed by atoms with van der Waals surface area (Å²) in [6.45, 7) is 9.31. The largest absolute Gasteiger partial charge is 0.399 e. The van der Waals surface area contributed by atoms with Crippen molar-refractivity contribution in [2.45, 2.75) is 55.3 Å². The first-order valence-corrected chi connectivity index (χ1v) is 43.4. The van der Waals surface area contributed by atoms with Gasteiger partial charge in [0.2, 0.25) is 0 Å². The lowest BCUT2D eigenvalue weighted by Gasteiger charge is -2.26. The van der Waals surface area contributed by atoms with Gasteiger partial charge >= 0.3 is 0 Å². The highest BCUT2D eigenvalue weighted by molar-refractivity contribution is 14.1. The number of nitrogen functional groups attached to an aromatic ring is 1. The number of aromatic nitrogens is 3. The van der Waals surface area contributed by atoms with Crippen LogP contribution in [0.15, 0.2) is 403 Å². The van der Waals surface area contributed by atoms with E-state index in [9.17, 15) is 22.0 Å². The predicted octanol–water partition coefficient (Wildman–Crippen LogP) is 33.9. The summed E-state index contributed by atoms with van der Waals surface area (Å²) in [5.74, 6) is -1.30. The minimum atomic E-state index is -0.272. The molecule has 0 bridgehead atoms. The van der Waals surface area contributed by atoms with Crippen LogP contribution in [0.2, 0.25) is 0 Å². The monoisotopic (exact) mass is 1900 g/mol. The van der Waals surface area contributed by atoms with Crippen molar-refractivity contribution in [1.82, 2.24) is 13.7 Å². The maximum atomic E-state index is 14.2. The minimum absolute atomic E-state index is 0. The van der Waals surface area contributed by atoms with E-state index in [1.54, 1.807) is 24.3 Å². The number of hydrogen-bond donors (Lipinski definition) is 3. The Morgan fingerprint density at radius 1 is 0.262 bits per heavy atom. The summed E-state index contributed by atoms with van der Waals surface area (Å²) >= 11 is 9.22. The van der Waals surface area contributed by atoms with E-state index < -0.39 is 0 Å². The third-order valence-corrected chi connectivity index (χ3v) is 23.5. The SMILES string of the molecule is Brc1ccc(-c2ccc(Br)cc2)cc1.C.C.CCn1c2ccccc2c2cc(I)ccc21.CCn1c2ccccc2c2cc(N(c3ccc(F)cc3)c3ccc(-c4ccc(N(c5ccc(F)cc5)c5ccc6c(c5)c5ccccc5n6CC)cc4)cc3)ccc21.Fc1ccc(Nc2ccc(-c3ccc(Nc4ccc(F)cc4)cc3)cc2)cc1.Nc1ccc(F)cc1. The fraction of sp³-hybridized carbons (Fsp3) is 0.0727. The van der Waals surface area contributed by atoms with Crippen molar-refractivity contribution in [2.75, 3.05) is 26.2 Å². The van der Waals surface area contributed by atoms with Crippen molar-refractivity contribution in [3.05, 3.63) is 436 Å². The average Bonchev–Trinajstić information content (AvgIpc) is 1.60. The number of fused-ring (bicyclic) bond motifs is 9. The Kier molecular flexibility index (Phi) is 28.8. The fourth-order valence-electron chi connectivity index (χ4n) is 15.7. The summed E-state index contributed by atoms with van der Waals surface area (Å²) in [6.07, 6.45) is 0. The van der Waals surface area contributed by atoms with E-state index in [0.29, 0.717) is 5.69 Å². The van der Waals surface area contributed by atoms with Gasteiger partial charge in [0.25, 0.3) is 0 Å². The lowest BCUT2D eigenvalue weighted by atomic mass is 10.0. The molecular formula is C110H92Br2F5IN8. The normalized spacial score (nSPS) is 10.8. The van der Waals surface area contributed by atoms with Gasteiger partial charge in [-0.1, -0.05) is 174 Å². The van der Waals surface area contributed by atoms with Gasteiger partial charge in [0, 0.05) is 160 Å². The van der Waals surface area contributed by atoms with Crippen molar-refractivity contribution in [1.29, 1.82) is 0 Å². The summed E-state index contributed by atoms with van der Waals surface area (Å²) in [6, 6.07) is 127. The number of benzene rings is 17. The van der Waals surface area contributed by atoms with Crippen LogP contribution in [0.5, 0.6) is 0 Å². The maximum absolute atomic E-state index is 14.2. The summed E-state index contributed by atoms with van der Waals surface area (Å²) < 4.78 is 77.0. The Balaban J connectivity index is 0.000000154. The number of nitrogens with zero attached hydrogens (tertiary/aromatic N) is 5. The van der Waals surface area contributed by atoms with Crippen LogP contribution in [0.3, 0.4) is 0 Å². The van der Waals surface area contributed by atoms with Crippen molar-refractivity contribution in [3.63, 3.8) is 0 Å². The maximum Gasteiger partial charge on any atom is 0.123 e. The van der Waals surface area contributed by atoms with E-state index >= 15 is 0 Å². The molecule has 0 saturated heterocycles. The highest BCUT2D eigenvalue weighted by Crippen LogP contribution is 2.43. The molecule has 0 atom stereocenters. The molecule has 0 spiro atoms. The Morgan fingerprint density at radius 2 is 0.484 bits per heavy atom.